The molecular formula is C21H32N2O4S. The molecule has 2 aliphatic heterocycles. The van der Waals surface area contributed by atoms with Crippen LogP contribution in [-0.4, -0.2) is 63.1 Å². The van der Waals surface area contributed by atoms with Crippen LogP contribution in [0, 0.1) is 11.8 Å². The lowest BCUT2D eigenvalue weighted by Gasteiger charge is -2.36. The molecule has 0 N–H and O–H groups in total. The molecule has 0 saturated carbocycles. The molecule has 0 bridgehead atoms. The first kappa shape index (κ1) is 21.1. The van der Waals surface area contributed by atoms with Gasteiger partial charge in [0.1, 0.15) is 5.75 Å². The van der Waals surface area contributed by atoms with Gasteiger partial charge in [-0.05, 0) is 62.1 Å². The summed E-state index contributed by atoms with van der Waals surface area (Å²) < 4.78 is 29.9. The second-order valence-corrected chi connectivity index (χ2v) is 10.1. The minimum Gasteiger partial charge on any atom is -0.497 e. The fraction of sp³-hybridized carbons (Fsp3) is 0.667. The average molecular weight is 409 g/mol. The molecule has 2 aliphatic rings. The number of likely N-dealkylation sites (tertiary alicyclic amines) is 1. The molecule has 0 spiro atoms. The number of hydrogen-bond donors (Lipinski definition) is 0. The van der Waals surface area contributed by atoms with Crippen molar-refractivity contribution in [1.82, 2.24) is 9.21 Å². The van der Waals surface area contributed by atoms with E-state index in [4.69, 9.17) is 4.74 Å². The van der Waals surface area contributed by atoms with Crippen LogP contribution < -0.4 is 4.74 Å². The maximum absolute atomic E-state index is 12.8. The number of carbonyl (C=O) groups excluding carboxylic acids is 1. The average Bonchev–Trinajstić information content (AvgIpc) is 2.72. The Morgan fingerprint density at radius 2 is 1.64 bits per heavy atom. The number of sulfonamides is 1. The summed E-state index contributed by atoms with van der Waals surface area (Å²) >= 11 is 0. The fourth-order valence-electron chi connectivity index (χ4n) is 4.30. The van der Waals surface area contributed by atoms with Gasteiger partial charge in [0, 0.05) is 32.1 Å². The van der Waals surface area contributed by atoms with Gasteiger partial charge in [-0.3, -0.25) is 4.79 Å². The van der Waals surface area contributed by atoms with E-state index >= 15 is 0 Å². The third kappa shape index (κ3) is 5.47. The van der Waals surface area contributed by atoms with E-state index < -0.39 is 10.0 Å². The zero-order valence-corrected chi connectivity index (χ0v) is 17.8. The smallest absolute Gasteiger partial charge is 0.225 e. The lowest BCUT2D eigenvalue weighted by atomic mass is 9.89. The van der Waals surface area contributed by atoms with Crippen molar-refractivity contribution in [3.05, 3.63) is 29.8 Å². The summed E-state index contributed by atoms with van der Waals surface area (Å²) in [5, 5.41) is 0. The zero-order chi connectivity index (χ0) is 20.1. The van der Waals surface area contributed by atoms with E-state index in [2.05, 4.69) is 12.1 Å². The van der Waals surface area contributed by atoms with Crippen LogP contribution in [0.5, 0.6) is 5.75 Å². The van der Waals surface area contributed by atoms with Crippen molar-refractivity contribution >= 4 is 15.9 Å². The van der Waals surface area contributed by atoms with Crippen molar-refractivity contribution in [2.75, 3.05) is 39.5 Å². The number of nitrogens with zero attached hydrogens (tertiary/aromatic N) is 2. The van der Waals surface area contributed by atoms with E-state index in [1.165, 1.54) is 16.1 Å². The van der Waals surface area contributed by atoms with E-state index in [1.54, 1.807) is 7.11 Å². The van der Waals surface area contributed by atoms with Crippen LogP contribution in [0.4, 0.5) is 0 Å². The molecule has 7 heteroatoms. The van der Waals surface area contributed by atoms with Crippen LogP contribution in [0.15, 0.2) is 24.3 Å². The molecule has 0 atom stereocenters. The highest BCUT2D eigenvalue weighted by atomic mass is 32.2. The Labute approximate surface area is 168 Å². The number of benzene rings is 1. The Kier molecular flexibility index (Phi) is 6.99. The van der Waals surface area contributed by atoms with Crippen LogP contribution in [0.3, 0.4) is 0 Å². The van der Waals surface area contributed by atoms with E-state index in [1.807, 2.05) is 17.0 Å². The Hall–Kier alpha value is -1.60. The van der Waals surface area contributed by atoms with Gasteiger partial charge in [-0.2, -0.15) is 0 Å². The highest BCUT2D eigenvalue weighted by Crippen LogP contribution is 2.27. The molecule has 0 aliphatic carbocycles. The molecule has 1 aromatic carbocycles. The SMILES string of the molecule is COc1ccc(CCC2CCN(C(=O)C3CCN(S(C)(=O)=O)CC3)CC2)cc1. The maximum Gasteiger partial charge on any atom is 0.225 e. The summed E-state index contributed by atoms with van der Waals surface area (Å²) in [7, 11) is -1.46. The van der Waals surface area contributed by atoms with E-state index in [-0.39, 0.29) is 11.8 Å². The number of aryl methyl sites for hydroxylation is 1. The quantitative estimate of drug-likeness (QED) is 0.725. The summed E-state index contributed by atoms with van der Waals surface area (Å²) in [6.07, 6.45) is 6.86. The number of ether oxygens (including phenoxy) is 1. The van der Waals surface area contributed by atoms with Gasteiger partial charge in [0.25, 0.3) is 0 Å². The first-order chi connectivity index (χ1) is 13.4. The largest absolute Gasteiger partial charge is 0.497 e. The van der Waals surface area contributed by atoms with Gasteiger partial charge >= 0.3 is 0 Å². The summed E-state index contributed by atoms with van der Waals surface area (Å²) in [5.74, 6) is 1.76. The predicted molar refractivity (Wildman–Crippen MR) is 110 cm³/mol. The standard InChI is InChI=1S/C21H32N2O4S/c1-27-20-7-5-17(6-8-20)3-4-18-9-13-22(14-10-18)21(24)19-11-15-23(16-12-19)28(2,25)26/h5-8,18-19H,3-4,9-16H2,1-2H3. The molecule has 1 amide bonds. The molecule has 2 fully saturated rings. The number of hydrogen-bond acceptors (Lipinski definition) is 4. The highest BCUT2D eigenvalue weighted by molar-refractivity contribution is 7.88. The van der Waals surface area contributed by atoms with Gasteiger partial charge in [-0.25, -0.2) is 12.7 Å². The Morgan fingerprint density at radius 3 is 2.18 bits per heavy atom. The lowest BCUT2D eigenvalue weighted by Crippen LogP contribution is -2.46. The van der Waals surface area contributed by atoms with Crippen molar-refractivity contribution in [2.45, 2.75) is 38.5 Å². The van der Waals surface area contributed by atoms with Gasteiger partial charge in [-0.1, -0.05) is 12.1 Å². The van der Waals surface area contributed by atoms with E-state index in [0.717, 1.165) is 44.5 Å². The Morgan fingerprint density at radius 1 is 1.04 bits per heavy atom. The Balaban J connectivity index is 1.40. The molecule has 0 unspecified atom stereocenters. The molecule has 2 saturated heterocycles. The minimum absolute atomic E-state index is 0.0196. The predicted octanol–water partition coefficient (Wildman–Crippen LogP) is 2.54. The summed E-state index contributed by atoms with van der Waals surface area (Å²) in [6.45, 7) is 2.60. The third-order valence-electron chi connectivity index (χ3n) is 6.20. The topological polar surface area (TPSA) is 66.9 Å². The number of methoxy groups -OCH3 is 1. The van der Waals surface area contributed by atoms with E-state index in [9.17, 15) is 13.2 Å². The Bertz CT molecular complexity index is 747. The van der Waals surface area contributed by atoms with Crippen molar-refractivity contribution in [1.29, 1.82) is 0 Å². The number of amides is 1. The summed E-state index contributed by atoms with van der Waals surface area (Å²) in [6, 6.07) is 8.26. The van der Waals surface area contributed by atoms with Gasteiger partial charge in [0.15, 0.2) is 0 Å². The molecule has 0 radical (unpaired) electrons. The van der Waals surface area contributed by atoms with E-state index in [0.29, 0.717) is 31.8 Å². The number of carbonyl (C=O) groups is 1. The molecule has 6 nitrogen and oxygen atoms in total. The van der Waals surface area contributed by atoms with Gasteiger partial charge in [0.2, 0.25) is 15.9 Å². The molecule has 28 heavy (non-hydrogen) atoms. The van der Waals surface area contributed by atoms with Crippen molar-refractivity contribution in [2.24, 2.45) is 11.8 Å². The van der Waals surface area contributed by atoms with Gasteiger partial charge in [0.05, 0.1) is 13.4 Å². The minimum atomic E-state index is -3.14. The molecule has 0 aromatic heterocycles. The monoisotopic (exact) mass is 408 g/mol. The number of rotatable bonds is 6. The molecular weight excluding hydrogens is 376 g/mol. The van der Waals surface area contributed by atoms with Crippen LogP contribution in [0.2, 0.25) is 0 Å². The fourth-order valence-corrected chi connectivity index (χ4v) is 5.17. The first-order valence-electron chi connectivity index (χ1n) is 10.2. The number of piperidine rings is 2. The second-order valence-electron chi connectivity index (χ2n) is 8.09. The summed E-state index contributed by atoms with van der Waals surface area (Å²) in [5.41, 5.74) is 1.33. The van der Waals surface area contributed by atoms with Crippen LogP contribution >= 0.6 is 0 Å². The van der Waals surface area contributed by atoms with Crippen LogP contribution in [0.25, 0.3) is 0 Å². The van der Waals surface area contributed by atoms with Crippen LogP contribution in [-0.2, 0) is 21.2 Å². The van der Waals surface area contributed by atoms with Gasteiger partial charge in [-0.15, -0.1) is 0 Å². The second kappa shape index (κ2) is 9.27. The van der Waals surface area contributed by atoms with Crippen LogP contribution in [0.1, 0.15) is 37.7 Å². The molecule has 156 valence electrons. The molecule has 2 heterocycles. The molecule has 1 aromatic rings. The normalized spacial score (nSPS) is 20.3. The maximum atomic E-state index is 12.8. The molecule has 3 rings (SSSR count). The van der Waals surface area contributed by atoms with Crippen molar-refractivity contribution in [3.63, 3.8) is 0 Å². The zero-order valence-electron chi connectivity index (χ0n) is 17.0. The van der Waals surface area contributed by atoms with Gasteiger partial charge < -0.3 is 9.64 Å². The first-order valence-corrected chi connectivity index (χ1v) is 12.1. The lowest BCUT2D eigenvalue weighted by molar-refractivity contribution is -0.138. The summed E-state index contributed by atoms with van der Waals surface area (Å²) in [4.78, 5) is 14.8. The van der Waals surface area contributed by atoms with Crippen molar-refractivity contribution in [3.8, 4) is 5.75 Å². The third-order valence-corrected chi connectivity index (χ3v) is 7.50. The van der Waals surface area contributed by atoms with Crippen molar-refractivity contribution < 1.29 is 17.9 Å². The highest BCUT2D eigenvalue weighted by Gasteiger charge is 2.32.